The van der Waals surface area contributed by atoms with Gasteiger partial charge in [-0.15, -0.1) is 0 Å². The molecule has 0 amide bonds. The first kappa shape index (κ1) is 15.1. The molecule has 1 heterocycles. The number of benzene rings is 1. The van der Waals surface area contributed by atoms with Crippen LogP contribution in [0.3, 0.4) is 0 Å². The minimum atomic E-state index is -3.56. The Morgan fingerprint density at radius 3 is 2.75 bits per heavy atom. The number of hydrogen-bond donors (Lipinski definition) is 2. The molecule has 112 valence electrons. The summed E-state index contributed by atoms with van der Waals surface area (Å²) in [5.74, 6) is 0. The summed E-state index contributed by atoms with van der Waals surface area (Å²) in [7, 11) is -0.605. The van der Waals surface area contributed by atoms with Crippen molar-refractivity contribution in [1.82, 2.24) is 4.31 Å². The van der Waals surface area contributed by atoms with Crippen molar-refractivity contribution in [2.45, 2.75) is 23.8 Å². The third-order valence-corrected chi connectivity index (χ3v) is 5.57. The Balaban J connectivity index is 2.48. The molecule has 1 saturated heterocycles. The van der Waals surface area contributed by atoms with Crippen LogP contribution in [-0.2, 0) is 10.0 Å². The fourth-order valence-corrected chi connectivity index (χ4v) is 3.57. The Morgan fingerprint density at radius 1 is 1.45 bits per heavy atom. The van der Waals surface area contributed by atoms with Gasteiger partial charge in [-0.25, -0.2) is 12.7 Å². The monoisotopic (exact) mass is 299 g/mol. The zero-order valence-corrected chi connectivity index (χ0v) is 12.6. The van der Waals surface area contributed by atoms with Crippen molar-refractivity contribution in [1.29, 1.82) is 0 Å². The molecule has 7 heteroatoms. The molecule has 0 spiro atoms. The number of anilines is 2. The summed E-state index contributed by atoms with van der Waals surface area (Å²) in [5, 5.41) is 9.40. The standard InChI is InChI=1S/C13H21N3O3S/c1-15(2)20(18,19)12-7-3-6-11(13(12)14)16-8-4-5-10(16)9-17/h3,6-7,10,17H,4-5,8-9,14H2,1-2H3. The smallest absolute Gasteiger partial charge is 0.244 e. The highest BCUT2D eigenvalue weighted by atomic mass is 32.2. The van der Waals surface area contributed by atoms with Gasteiger partial charge in [0.1, 0.15) is 4.90 Å². The number of nitrogen functional groups attached to an aromatic ring is 1. The average molecular weight is 299 g/mol. The van der Waals surface area contributed by atoms with Crippen molar-refractivity contribution in [3.05, 3.63) is 18.2 Å². The van der Waals surface area contributed by atoms with Gasteiger partial charge in [0.05, 0.1) is 24.0 Å². The molecule has 2 rings (SSSR count). The van der Waals surface area contributed by atoms with E-state index in [0.29, 0.717) is 5.69 Å². The lowest BCUT2D eigenvalue weighted by Gasteiger charge is -2.27. The number of aliphatic hydroxyl groups is 1. The maximum atomic E-state index is 12.2. The molecular weight excluding hydrogens is 278 g/mol. The van der Waals surface area contributed by atoms with Crippen LogP contribution in [0.25, 0.3) is 0 Å². The van der Waals surface area contributed by atoms with Gasteiger partial charge in [-0.05, 0) is 25.0 Å². The lowest BCUT2D eigenvalue weighted by atomic mass is 10.2. The first-order valence-corrected chi connectivity index (χ1v) is 8.02. The molecule has 1 aromatic carbocycles. The molecule has 1 aliphatic rings. The number of aliphatic hydroxyl groups excluding tert-OH is 1. The van der Waals surface area contributed by atoms with Gasteiger partial charge in [0.15, 0.2) is 0 Å². The molecule has 1 atom stereocenters. The zero-order chi connectivity index (χ0) is 14.9. The van der Waals surface area contributed by atoms with Crippen molar-refractivity contribution in [2.24, 2.45) is 0 Å². The molecule has 1 fully saturated rings. The second-order valence-corrected chi connectivity index (χ2v) is 7.27. The highest BCUT2D eigenvalue weighted by Crippen LogP contribution is 2.34. The molecule has 0 aromatic heterocycles. The fraction of sp³-hybridized carbons (Fsp3) is 0.538. The van der Waals surface area contributed by atoms with Crippen LogP contribution in [0.15, 0.2) is 23.1 Å². The molecule has 1 unspecified atom stereocenters. The highest BCUT2D eigenvalue weighted by molar-refractivity contribution is 7.89. The molecule has 6 nitrogen and oxygen atoms in total. The van der Waals surface area contributed by atoms with Crippen LogP contribution in [0.4, 0.5) is 11.4 Å². The van der Waals surface area contributed by atoms with E-state index < -0.39 is 10.0 Å². The first-order valence-electron chi connectivity index (χ1n) is 6.58. The molecule has 0 aliphatic carbocycles. The minimum absolute atomic E-state index is 0.00890. The SMILES string of the molecule is CN(C)S(=O)(=O)c1cccc(N2CCCC2CO)c1N. The number of hydrogen-bond acceptors (Lipinski definition) is 5. The number of rotatable bonds is 4. The molecule has 3 N–H and O–H groups in total. The predicted molar refractivity (Wildman–Crippen MR) is 79.2 cm³/mol. The molecule has 0 radical (unpaired) electrons. The van der Waals surface area contributed by atoms with Crippen LogP contribution in [0, 0.1) is 0 Å². The Morgan fingerprint density at radius 2 is 2.15 bits per heavy atom. The number of nitrogens with two attached hydrogens (primary N) is 1. The fourth-order valence-electron chi connectivity index (χ4n) is 2.55. The van der Waals surface area contributed by atoms with Gasteiger partial charge in [-0.1, -0.05) is 6.07 Å². The van der Waals surface area contributed by atoms with Crippen molar-refractivity contribution in [3.8, 4) is 0 Å². The maximum Gasteiger partial charge on any atom is 0.244 e. The van der Waals surface area contributed by atoms with E-state index in [0.717, 1.165) is 23.7 Å². The van der Waals surface area contributed by atoms with Gasteiger partial charge in [0.2, 0.25) is 10.0 Å². The third kappa shape index (κ3) is 2.48. The summed E-state index contributed by atoms with van der Waals surface area (Å²) in [6, 6.07) is 5.01. The Hall–Kier alpha value is -1.31. The van der Waals surface area contributed by atoms with E-state index in [-0.39, 0.29) is 23.2 Å². The molecule has 1 aliphatic heterocycles. The van der Waals surface area contributed by atoms with Crippen molar-refractivity contribution in [3.63, 3.8) is 0 Å². The Kier molecular flexibility index (Phi) is 4.22. The van der Waals surface area contributed by atoms with E-state index in [4.69, 9.17) is 5.73 Å². The largest absolute Gasteiger partial charge is 0.396 e. The van der Waals surface area contributed by atoms with E-state index in [9.17, 15) is 13.5 Å². The van der Waals surface area contributed by atoms with E-state index in [1.165, 1.54) is 20.2 Å². The maximum absolute atomic E-state index is 12.2. The van der Waals surface area contributed by atoms with Crippen LogP contribution in [0.2, 0.25) is 0 Å². The predicted octanol–water partition coefficient (Wildman–Crippen LogP) is 0.480. The number of para-hydroxylation sites is 1. The van der Waals surface area contributed by atoms with Crippen LogP contribution in [0.5, 0.6) is 0 Å². The summed E-state index contributed by atoms with van der Waals surface area (Å²) in [5.41, 5.74) is 7.01. The normalized spacial score (nSPS) is 19.8. The lowest BCUT2D eigenvalue weighted by Crippen LogP contribution is -2.33. The second-order valence-electron chi connectivity index (χ2n) is 5.15. The van der Waals surface area contributed by atoms with Crippen LogP contribution in [-0.4, -0.2) is 51.1 Å². The van der Waals surface area contributed by atoms with E-state index in [1.54, 1.807) is 12.1 Å². The first-order chi connectivity index (χ1) is 9.39. The zero-order valence-electron chi connectivity index (χ0n) is 11.8. The third-order valence-electron chi connectivity index (χ3n) is 3.70. The van der Waals surface area contributed by atoms with Crippen molar-refractivity contribution >= 4 is 21.4 Å². The number of nitrogens with zero attached hydrogens (tertiary/aromatic N) is 2. The summed E-state index contributed by atoms with van der Waals surface area (Å²) in [6.45, 7) is 0.824. The highest BCUT2D eigenvalue weighted by Gasteiger charge is 2.28. The van der Waals surface area contributed by atoms with Crippen LogP contribution >= 0.6 is 0 Å². The minimum Gasteiger partial charge on any atom is -0.396 e. The van der Waals surface area contributed by atoms with Crippen LogP contribution < -0.4 is 10.6 Å². The van der Waals surface area contributed by atoms with Gasteiger partial charge >= 0.3 is 0 Å². The molecule has 1 aromatic rings. The van der Waals surface area contributed by atoms with Gasteiger partial charge in [-0.2, -0.15) is 0 Å². The lowest BCUT2D eigenvalue weighted by molar-refractivity contribution is 0.266. The summed E-state index contributed by atoms with van der Waals surface area (Å²) >= 11 is 0. The average Bonchev–Trinajstić information content (AvgIpc) is 2.86. The Labute approximate surface area is 119 Å². The topological polar surface area (TPSA) is 86.9 Å². The molecule has 0 saturated carbocycles. The Bertz CT molecular complexity index is 587. The van der Waals surface area contributed by atoms with Gasteiger partial charge in [0, 0.05) is 20.6 Å². The summed E-state index contributed by atoms with van der Waals surface area (Å²) in [6.07, 6.45) is 1.86. The summed E-state index contributed by atoms with van der Waals surface area (Å²) < 4.78 is 25.6. The molecular formula is C13H21N3O3S. The van der Waals surface area contributed by atoms with Crippen molar-refractivity contribution < 1.29 is 13.5 Å². The van der Waals surface area contributed by atoms with Gasteiger partial charge in [-0.3, -0.25) is 0 Å². The quantitative estimate of drug-likeness (QED) is 0.790. The number of sulfonamides is 1. The molecule has 0 bridgehead atoms. The van der Waals surface area contributed by atoms with Crippen molar-refractivity contribution in [2.75, 3.05) is 37.9 Å². The van der Waals surface area contributed by atoms with Gasteiger partial charge < -0.3 is 15.7 Å². The summed E-state index contributed by atoms with van der Waals surface area (Å²) in [4.78, 5) is 2.10. The molecule has 20 heavy (non-hydrogen) atoms. The van der Waals surface area contributed by atoms with Crippen LogP contribution in [0.1, 0.15) is 12.8 Å². The van der Waals surface area contributed by atoms with E-state index in [2.05, 4.69) is 0 Å². The van der Waals surface area contributed by atoms with E-state index in [1.807, 2.05) is 4.90 Å². The van der Waals surface area contributed by atoms with E-state index >= 15 is 0 Å². The van der Waals surface area contributed by atoms with Gasteiger partial charge in [0.25, 0.3) is 0 Å². The second kappa shape index (κ2) is 5.59.